The first-order valence-electron chi connectivity index (χ1n) is 10.4. The second-order valence-electron chi connectivity index (χ2n) is 8.20. The van der Waals surface area contributed by atoms with Gasteiger partial charge >= 0.3 is 0 Å². The van der Waals surface area contributed by atoms with Gasteiger partial charge in [-0.05, 0) is 55.2 Å². The summed E-state index contributed by atoms with van der Waals surface area (Å²) in [6.45, 7) is 0. The van der Waals surface area contributed by atoms with Gasteiger partial charge in [-0.15, -0.1) is 0 Å². The van der Waals surface area contributed by atoms with Crippen LogP contribution in [0.5, 0.6) is 0 Å². The minimum atomic E-state index is -0.305. The second-order valence-corrected chi connectivity index (χ2v) is 8.20. The Labute approximate surface area is 166 Å². The van der Waals surface area contributed by atoms with E-state index in [0.717, 1.165) is 32.1 Å². The zero-order valence-corrected chi connectivity index (χ0v) is 16.2. The molecule has 2 atom stereocenters. The summed E-state index contributed by atoms with van der Waals surface area (Å²) in [4.78, 5) is 24.7. The number of carbonyl (C=O) groups excluding carboxylic acids is 2. The predicted octanol–water partition coefficient (Wildman–Crippen LogP) is 3.85. The summed E-state index contributed by atoms with van der Waals surface area (Å²) >= 11 is 0. The molecule has 1 fully saturated rings. The predicted molar refractivity (Wildman–Crippen MR) is 110 cm³/mol. The van der Waals surface area contributed by atoms with Gasteiger partial charge in [-0.1, -0.05) is 54.6 Å². The van der Waals surface area contributed by atoms with Gasteiger partial charge in [0, 0.05) is 18.4 Å². The summed E-state index contributed by atoms with van der Waals surface area (Å²) in [7, 11) is 0. The van der Waals surface area contributed by atoms with Crippen LogP contribution in [0.3, 0.4) is 0 Å². The molecule has 2 aromatic rings. The van der Waals surface area contributed by atoms with Crippen molar-refractivity contribution in [2.45, 2.75) is 62.9 Å². The van der Waals surface area contributed by atoms with Crippen LogP contribution in [-0.2, 0) is 22.4 Å². The third-order valence-electron chi connectivity index (χ3n) is 6.16. The molecule has 2 aliphatic rings. The van der Waals surface area contributed by atoms with Crippen LogP contribution in [-0.4, -0.2) is 17.4 Å². The van der Waals surface area contributed by atoms with Crippen LogP contribution < -0.4 is 10.6 Å². The largest absolute Gasteiger partial charge is 0.350 e. The average Bonchev–Trinajstić information content (AvgIpc) is 3.08. The molecule has 2 N–H and O–H groups in total. The molecule has 1 heterocycles. The van der Waals surface area contributed by atoms with Crippen LogP contribution in [0.1, 0.15) is 61.3 Å². The molecule has 28 heavy (non-hydrogen) atoms. The van der Waals surface area contributed by atoms with Crippen molar-refractivity contribution in [1.82, 2.24) is 10.6 Å². The van der Waals surface area contributed by atoms with Crippen molar-refractivity contribution >= 4 is 11.8 Å². The van der Waals surface area contributed by atoms with E-state index >= 15 is 0 Å². The number of aryl methyl sites for hydroxylation is 1. The molecule has 4 rings (SSSR count). The maximum atomic E-state index is 12.7. The first kappa shape index (κ1) is 18.7. The number of benzene rings is 2. The van der Waals surface area contributed by atoms with Crippen LogP contribution in [0.15, 0.2) is 54.6 Å². The third-order valence-corrected chi connectivity index (χ3v) is 6.16. The van der Waals surface area contributed by atoms with Crippen LogP contribution >= 0.6 is 0 Å². The molecule has 0 spiro atoms. The van der Waals surface area contributed by atoms with E-state index in [1.807, 2.05) is 24.3 Å². The molecule has 1 aliphatic carbocycles. The molecule has 146 valence electrons. The lowest BCUT2D eigenvalue weighted by atomic mass is 9.84. The van der Waals surface area contributed by atoms with Gasteiger partial charge in [-0.3, -0.25) is 9.59 Å². The minimum absolute atomic E-state index is 0.0790. The fourth-order valence-corrected chi connectivity index (χ4v) is 4.69. The van der Waals surface area contributed by atoms with E-state index < -0.39 is 0 Å². The monoisotopic (exact) mass is 376 g/mol. The molecule has 0 bridgehead atoms. The van der Waals surface area contributed by atoms with Crippen molar-refractivity contribution in [1.29, 1.82) is 0 Å². The molecule has 2 aromatic carbocycles. The third kappa shape index (κ3) is 4.27. The number of hydrogen-bond acceptors (Lipinski definition) is 2. The average molecular weight is 377 g/mol. The van der Waals surface area contributed by atoms with Crippen LogP contribution in [0.25, 0.3) is 0 Å². The van der Waals surface area contributed by atoms with Gasteiger partial charge in [0.2, 0.25) is 11.8 Å². The van der Waals surface area contributed by atoms with Crippen LogP contribution in [0.2, 0.25) is 0 Å². The highest BCUT2D eigenvalue weighted by atomic mass is 16.2. The number of nitrogens with one attached hydrogen (secondary N) is 2. The quantitative estimate of drug-likeness (QED) is 0.804. The Bertz CT molecular complexity index is 849. The second kappa shape index (κ2) is 8.17. The van der Waals surface area contributed by atoms with Gasteiger partial charge in [0.15, 0.2) is 0 Å². The summed E-state index contributed by atoms with van der Waals surface area (Å²) < 4.78 is 0. The van der Waals surface area contributed by atoms with Crippen molar-refractivity contribution in [3.63, 3.8) is 0 Å². The number of hydrogen-bond donors (Lipinski definition) is 2. The first-order chi connectivity index (χ1) is 13.6. The highest BCUT2D eigenvalue weighted by molar-refractivity contribution is 5.80. The fraction of sp³-hybridized carbons (Fsp3) is 0.417. The van der Waals surface area contributed by atoms with Gasteiger partial charge in [0.05, 0.1) is 6.04 Å². The number of amides is 2. The molecule has 0 saturated carbocycles. The summed E-state index contributed by atoms with van der Waals surface area (Å²) in [5.74, 6) is 0.174. The Balaban J connectivity index is 1.39. The van der Waals surface area contributed by atoms with E-state index in [4.69, 9.17) is 0 Å². The summed E-state index contributed by atoms with van der Waals surface area (Å²) in [6, 6.07) is 18.7. The molecule has 0 unspecified atom stereocenters. The Hall–Kier alpha value is -2.62. The zero-order chi connectivity index (χ0) is 19.4. The smallest absolute Gasteiger partial charge is 0.220 e. The molecular formula is C24H28N2O2. The summed E-state index contributed by atoms with van der Waals surface area (Å²) in [6.07, 6.45) is 6.42. The maximum absolute atomic E-state index is 12.7. The van der Waals surface area contributed by atoms with E-state index in [-0.39, 0.29) is 23.4 Å². The van der Waals surface area contributed by atoms with E-state index in [2.05, 4.69) is 41.0 Å². The minimum Gasteiger partial charge on any atom is -0.350 e. The van der Waals surface area contributed by atoms with Gasteiger partial charge < -0.3 is 10.6 Å². The normalized spacial score (nSPS) is 23.7. The number of carbonyl (C=O) groups is 2. The topological polar surface area (TPSA) is 58.2 Å². The Kier molecular flexibility index (Phi) is 5.47. The lowest BCUT2D eigenvalue weighted by molar-refractivity contribution is -0.123. The van der Waals surface area contributed by atoms with E-state index in [1.165, 1.54) is 16.7 Å². The van der Waals surface area contributed by atoms with Crippen molar-refractivity contribution in [2.75, 3.05) is 0 Å². The zero-order valence-electron chi connectivity index (χ0n) is 16.2. The molecule has 2 amide bonds. The van der Waals surface area contributed by atoms with Crippen molar-refractivity contribution in [2.24, 2.45) is 0 Å². The molecule has 4 nitrogen and oxygen atoms in total. The molecule has 1 aliphatic heterocycles. The lowest BCUT2D eigenvalue weighted by Crippen LogP contribution is -2.44. The standard InChI is InChI=1S/C24H28N2O2/c27-22(25-21-12-6-10-19-9-4-5-11-20(19)21)13-15-24(16-14-23(28)26-24)17-18-7-2-1-3-8-18/h1-5,7-9,11,21H,6,10,12-17H2,(H,25,27)(H,26,28)/t21-,24+/m0/s1. The van der Waals surface area contributed by atoms with E-state index in [1.54, 1.807) is 0 Å². The highest BCUT2D eigenvalue weighted by Gasteiger charge is 2.38. The Morgan fingerprint density at radius 1 is 1.07 bits per heavy atom. The van der Waals surface area contributed by atoms with Gasteiger partial charge in [-0.2, -0.15) is 0 Å². The van der Waals surface area contributed by atoms with Gasteiger partial charge in [-0.25, -0.2) is 0 Å². The first-order valence-corrected chi connectivity index (χ1v) is 10.4. The molecule has 0 radical (unpaired) electrons. The number of fused-ring (bicyclic) bond motifs is 1. The summed E-state index contributed by atoms with van der Waals surface area (Å²) in [5.41, 5.74) is 3.50. The highest BCUT2D eigenvalue weighted by Crippen LogP contribution is 2.31. The van der Waals surface area contributed by atoms with Crippen LogP contribution in [0, 0.1) is 0 Å². The molecule has 4 heteroatoms. The summed E-state index contributed by atoms with van der Waals surface area (Å²) in [5, 5.41) is 6.41. The Morgan fingerprint density at radius 2 is 1.86 bits per heavy atom. The van der Waals surface area contributed by atoms with Crippen molar-refractivity contribution in [3.05, 3.63) is 71.3 Å². The van der Waals surface area contributed by atoms with E-state index in [0.29, 0.717) is 19.3 Å². The van der Waals surface area contributed by atoms with E-state index in [9.17, 15) is 9.59 Å². The maximum Gasteiger partial charge on any atom is 0.220 e. The fourth-order valence-electron chi connectivity index (χ4n) is 4.69. The lowest BCUT2D eigenvalue weighted by Gasteiger charge is -2.30. The van der Waals surface area contributed by atoms with Crippen molar-refractivity contribution < 1.29 is 9.59 Å². The number of rotatable bonds is 6. The molecule has 1 saturated heterocycles. The Morgan fingerprint density at radius 3 is 2.64 bits per heavy atom. The molecule has 0 aromatic heterocycles. The molecular weight excluding hydrogens is 348 g/mol. The van der Waals surface area contributed by atoms with Crippen LogP contribution in [0.4, 0.5) is 0 Å². The SMILES string of the molecule is O=C(CC[C@]1(Cc2ccccc2)CCC(=O)N1)N[C@H]1CCCc2ccccc21. The van der Waals surface area contributed by atoms with Crippen molar-refractivity contribution in [3.8, 4) is 0 Å². The van der Waals surface area contributed by atoms with Gasteiger partial charge in [0.1, 0.15) is 0 Å². The van der Waals surface area contributed by atoms with Gasteiger partial charge in [0.25, 0.3) is 0 Å².